The number of nitro benzene ring substituents is 1. The monoisotopic (exact) mass is 382 g/mol. The smallest absolute Gasteiger partial charge is 0.279 e. The number of nitro groups is 1. The number of hydrogen-bond donors (Lipinski definition) is 0. The van der Waals surface area contributed by atoms with Crippen LogP contribution in [0, 0.1) is 24.0 Å². The molecule has 0 aliphatic carbocycles. The molecule has 0 atom stereocenters. The molecule has 0 heterocycles. The number of rotatable bonds is 6. The molecule has 0 radical (unpaired) electrons. The van der Waals surface area contributed by atoms with Gasteiger partial charge in [0.15, 0.2) is 4.90 Å². The number of halogens is 1. The fraction of sp³-hybridized carbons (Fsp3) is 0.188. The highest BCUT2D eigenvalue weighted by Crippen LogP contribution is 2.32. The van der Waals surface area contributed by atoms with E-state index in [4.69, 9.17) is 11.6 Å². The standard InChI is InChI=1S/C16H15ClN2O5S/c1-11-6-5-8-13(12(11)2)18(10-16(17)20)25(23,24)15-9-4-3-7-14(15)19(21)22/h3-9H,10H2,1-2H3. The van der Waals surface area contributed by atoms with Crippen molar-refractivity contribution in [2.24, 2.45) is 0 Å². The summed E-state index contributed by atoms with van der Waals surface area (Å²) in [4.78, 5) is 21.4. The number of carbonyl (C=O) groups is 1. The molecule has 0 amide bonds. The predicted octanol–water partition coefficient (Wildman–Crippen LogP) is 3.17. The van der Waals surface area contributed by atoms with Gasteiger partial charge in [-0.05, 0) is 48.7 Å². The minimum atomic E-state index is -4.38. The van der Waals surface area contributed by atoms with Crippen molar-refractivity contribution >= 4 is 38.2 Å². The Balaban J connectivity index is 2.72. The third kappa shape index (κ3) is 3.80. The third-order valence-corrected chi connectivity index (χ3v) is 5.67. The first-order valence-corrected chi connectivity index (χ1v) is 8.98. The van der Waals surface area contributed by atoms with Crippen LogP contribution in [-0.4, -0.2) is 25.1 Å². The lowest BCUT2D eigenvalue weighted by atomic mass is 10.1. The van der Waals surface area contributed by atoms with Gasteiger partial charge in [0.05, 0.1) is 10.6 Å². The van der Waals surface area contributed by atoms with E-state index in [1.807, 2.05) is 0 Å². The van der Waals surface area contributed by atoms with E-state index in [0.717, 1.165) is 22.0 Å². The summed E-state index contributed by atoms with van der Waals surface area (Å²) >= 11 is 5.43. The average Bonchev–Trinajstić information content (AvgIpc) is 2.55. The van der Waals surface area contributed by atoms with E-state index >= 15 is 0 Å². The van der Waals surface area contributed by atoms with Crippen LogP contribution in [0.3, 0.4) is 0 Å². The number of para-hydroxylation sites is 1. The normalized spacial score (nSPS) is 11.2. The molecule has 0 saturated heterocycles. The maximum atomic E-state index is 13.1. The molecule has 0 unspecified atom stereocenters. The van der Waals surface area contributed by atoms with Crippen LogP contribution in [-0.2, 0) is 14.8 Å². The number of benzene rings is 2. The van der Waals surface area contributed by atoms with Crippen molar-refractivity contribution in [3.05, 3.63) is 63.7 Å². The summed E-state index contributed by atoms with van der Waals surface area (Å²) in [6.07, 6.45) is 0. The van der Waals surface area contributed by atoms with Crippen LogP contribution in [0.15, 0.2) is 47.4 Å². The van der Waals surface area contributed by atoms with Gasteiger partial charge in [-0.3, -0.25) is 19.2 Å². The Morgan fingerprint density at radius 2 is 1.80 bits per heavy atom. The van der Waals surface area contributed by atoms with Gasteiger partial charge in [0, 0.05) is 6.07 Å². The second-order valence-electron chi connectivity index (χ2n) is 5.31. The summed E-state index contributed by atoms with van der Waals surface area (Å²) in [5.41, 5.74) is 1.11. The van der Waals surface area contributed by atoms with Gasteiger partial charge in [0.2, 0.25) is 5.24 Å². The molecule has 0 saturated carbocycles. The molecular weight excluding hydrogens is 368 g/mol. The van der Waals surface area contributed by atoms with Gasteiger partial charge in [-0.25, -0.2) is 8.42 Å². The highest BCUT2D eigenvalue weighted by molar-refractivity contribution is 7.93. The Kier molecular flexibility index (Phi) is 5.44. The molecule has 0 spiro atoms. The van der Waals surface area contributed by atoms with Crippen molar-refractivity contribution in [2.75, 3.05) is 10.8 Å². The Morgan fingerprint density at radius 3 is 2.40 bits per heavy atom. The number of nitrogens with zero attached hydrogens (tertiary/aromatic N) is 2. The van der Waals surface area contributed by atoms with Crippen LogP contribution in [0.4, 0.5) is 11.4 Å². The van der Waals surface area contributed by atoms with Crippen molar-refractivity contribution in [2.45, 2.75) is 18.7 Å². The van der Waals surface area contributed by atoms with E-state index in [1.165, 1.54) is 18.2 Å². The lowest BCUT2D eigenvalue weighted by molar-refractivity contribution is -0.387. The number of carbonyl (C=O) groups excluding carboxylic acids is 1. The molecule has 0 aliphatic heterocycles. The maximum absolute atomic E-state index is 13.1. The molecule has 0 aliphatic rings. The Bertz CT molecular complexity index is 943. The highest BCUT2D eigenvalue weighted by atomic mass is 35.5. The maximum Gasteiger partial charge on any atom is 0.289 e. The molecule has 2 rings (SSSR count). The molecule has 132 valence electrons. The van der Waals surface area contributed by atoms with Crippen molar-refractivity contribution in [3.8, 4) is 0 Å². The molecule has 25 heavy (non-hydrogen) atoms. The van der Waals surface area contributed by atoms with Gasteiger partial charge >= 0.3 is 0 Å². The molecule has 0 bridgehead atoms. The van der Waals surface area contributed by atoms with Crippen LogP contribution in [0.5, 0.6) is 0 Å². The molecule has 0 fully saturated rings. The van der Waals surface area contributed by atoms with E-state index < -0.39 is 37.3 Å². The third-order valence-electron chi connectivity index (χ3n) is 3.74. The summed E-state index contributed by atoms with van der Waals surface area (Å²) in [6.45, 7) is 2.85. The summed E-state index contributed by atoms with van der Waals surface area (Å²) in [5, 5.41) is 10.3. The molecule has 7 nitrogen and oxygen atoms in total. The predicted molar refractivity (Wildman–Crippen MR) is 94.4 cm³/mol. The van der Waals surface area contributed by atoms with Crippen LogP contribution in [0.1, 0.15) is 11.1 Å². The molecule has 9 heteroatoms. The topological polar surface area (TPSA) is 97.6 Å². The zero-order valence-corrected chi connectivity index (χ0v) is 15.0. The molecule has 0 aromatic heterocycles. The van der Waals surface area contributed by atoms with Gasteiger partial charge < -0.3 is 0 Å². The van der Waals surface area contributed by atoms with Crippen molar-refractivity contribution < 1.29 is 18.1 Å². The van der Waals surface area contributed by atoms with E-state index in [1.54, 1.807) is 26.0 Å². The zero-order valence-electron chi connectivity index (χ0n) is 13.5. The van der Waals surface area contributed by atoms with E-state index in [9.17, 15) is 23.3 Å². The van der Waals surface area contributed by atoms with E-state index in [2.05, 4.69) is 0 Å². The van der Waals surface area contributed by atoms with Crippen LogP contribution in [0.2, 0.25) is 0 Å². The molecule has 2 aromatic carbocycles. The SMILES string of the molecule is Cc1cccc(N(CC(=O)Cl)S(=O)(=O)c2ccccc2[N+](=O)[O-])c1C. The van der Waals surface area contributed by atoms with Gasteiger partial charge in [0.25, 0.3) is 15.7 Å². The summed E-state index contributed by atoms with van der Waals surface area (Å²) in [5.74, 6) is 0. The van der Waals surface area contributed by atoms with Crippen molar-refractivity contribution in [1.82, 2.24) is 0 Å². The Hall–Kier alpha value is -2.45. The minimum Gasteiger partial charge on any atom is -0.279 e. The van der Waals surface area contributed by atoms with E-state index in [-0.39, 0.29) is 5.69 Å². The fourth-order valence-corrected chi connectivity index (χ4v) is 4.19. The Morgan fingerprint density at radius 1 is 1.16 bits per heavy atom. The average molecular weight is 383 g/mol. The van der Waals surface area contributed by atoms with Crippen LogP contribution >= 0.6 is 11.6 Å². The van der Waals surface area contributed by atoms with Crippen LogP contribution < -0.4 is 4.31 Å². The van der Waals surface area contributed by atoms with Crippen molar-refractivity contribution in [1.29, 1.82) is 0 Å². The first-order chi connectivity index (χ1) is 11.7. The lowest BCUT2D eigenvalue weighted by Gasteiger charge is -2.25. The molecule has 0 N–H and O–H groups in total. The minimum absolute atomic E-state index is 0.243. The van der Waals surface area contributed by atoms with Gasteiger partial charge in [-0.1, -0.05) is 24.3 Å². The summed E-state index contributed by atoms with van der Waals surface area (Å²) < 4.78 is 26.9. The first-order valence-electron chi connectivity index (χ1n) is 7.17. The number of sulfonamides is 1. The highest BCUT2D eigenvalue weighted by Gasteiger charge is 2.33. The zero-order chi connectivity index (χ0) is 18.8. The second kappa shape index (κ2) is 7.20. The summed E-state index contributed by atoms with van der Waals surface area (Å²) in [7, 11) is -4.38. The fourth-order valence-electron chi connectivity index (χ4n) is 2.36. The van der Waals surface area contributed by atoms with Crippen LogP contribution in [0.25, 0.3) is 0 Å². The number of anilines is 1. The molecule has 2 aromatic rings. The quantitative estimate of drug-likeness (QED) is 0.434. The van der Waals surface area contributed by atoms with Gasteiger partial charge in [0.1, 0.15) is 6.54 Å². The van der Waals surface area contributed by atoms with Gasteiger partial charge in [-0.2, -0.15) is 0 Å². The number of hydrogen-bond acceptors (Lipinski definition) is 5. The van der Waals surface area contributed by atoms with Crippen molar-refractivity contribution in [3.63, 3.8) is 0 Å². The van der Waals surface area contributed by atoms with E-state index in [0.29, 0.717) is 5.56 Å². The van der Waals surface area contributed by atoms with Gasteiger partial charge in [-0.15, -0.1) is 0 Å². The number of aryl methyl sites for hydroxylation is 1. The largest absolute Gasteiger partial charge is 0.289 e. The first kappa shape index (κ1) is 18.9. The lowest BCUT2D eigenvalue weighted by Crippen LogP contribution is -2.35. The Labute approximate surface area is 150 Å². The second-order valence-corrected chi connectivity index (χ2v) is 7.56. The summed E-state index contributed by atoms with van der Waals surface area (Å²) in [6, 6.07) is 9.92. The molecular formula is C16H15ClN2O5S.